The summed E-state index contributed by atoms with van der Waals surface area (Å²) in [7, 11) is 0. The average molecular weight is 244 g/mol. The molecule has 0 saturated heterocycles. The van der Waals surface area contributed by atoms with Crippen LogP contribution in [-0.4, -0.2) is 11.9 Å². The third-order valence-electron chi connectivity index (χ3n) is 2.70. The molecule has 0 bridgehead atoms. The van der Waals surface area contributed by atoms with Crippen molar-refractivity contribution in [3.63, 3.8) is 0 Å². The highest BCUT2D eigenvalue weighted by atomic mass is 35.5. The van der Waals surface area contributed by atoms with Gasteiger partial charge < -0.3 is 5.32 Å². The first kappa shape index (κ1) is 13.5. The number of aryl methyl sites for hydroxylation is 1. The molecule has 0 aliphatic rings. The van der Waals surface area contributed by atoms with E-state index >= 15 is 0 Å². The number of hydrogen-bond acceptors (Lipinski definition) is 1. The van der Waals surface area contributed by atoms with Gasteiger partial charge in [0.2, 0.25) is 0 Å². The molecule has 3 heteroatoms. The smallest absolute Gasteiger partial charge is 0.123 e. The molecule has 1 aromatic carbocycles. The van der Waals surface area contributed by atoms with Gasteiger partial charge in [-0.25, -0.2) is 4.39 Å². The minimum absolute atomic E-state index is 0.173. The van der Waals surface area contributed by atoms with E-state index in [0.29, 0.717) is 0 Å². The van der Waals surface area contributed by atoms with Crippen molar-refractivity contribution >= 4 is 11.6 Å². The Balaban J connectivity index is 2.32. The van der Waals surface area contributed by atoms with Gasteiger partial charge in [-0.1, -0.05) is 13.0 Å². The first-order valence-electron chi connectivity index (χ1n) is 5.73. The lowest BCUT2D eigenvalue weighted by molar-refractivity contribution is 0.612. The molecule has 1 atom stereocenters. The zero-order valence-corrected chi connectivity index (χ0v) is 10.6. The van der Waals surface area contributed by atoms with E-state index in [1.807, 2.05) is 13.0 Å². The van der Waals surface area contributed by atoms with Gasteiger partial charge in [-0.2, -0.15) is 0 Å². The average Bonchev–Trinajstić information content (AvgIpc) is 2.26. The third-order valence-corrected chi connectivity index (χ3v) is 3.22. The van der Waals surface area contributed by atoms with E-state index in [0.717, 1.165) is 37.1 Å². The Hall–Kier alpha value is -0.600. The fraction of sp³-hybridized carbons (Fsp3) is 0.538. The highest BCUT2D eigenvalue weighted by Gasteiger charge is 2.02. The third kappa shape index (κ3) is 4.50. The lowest BCUT2D eigenvalue weighted by Gasteiger charge is -2.09. The van der Waals surface area contributed by atoms with E-state index in [9.17, 15) is 4.39 Å². The van der Waals surface area contributed by atoms with E-state index in [-0.39, 0.29) is 11.2 Å². The zero-order chi connectivity index (χ0) is 12.0. The topological polar surface area (TPSA) is 12.0 Å². The Morgan fingerprint density at radius 1 is 1.44 bits per heavy atom. The highest BCUT2D eigenvalue weighted by Crippen LogP contribution is 2.10. The monoisotopic (exact) mass is 243 g/mol. The van der Waals surface area contributed by atoms with Crippen molar-refractivity contribution in [1.82, 2.24) is 5.32 Å². The van der Waals surface area contributed by atoms with Crippen molar-refractivity contribution in [2.24, 2.45) is 0 Å². The van der Waals surface area contributed by atoms with E-state index in [4.69, 9.17) is 11.6 Å². The highest BCUT2D eigenvalue weighted by molar-refractivity contribution is 6.20. The van der Waals surface area contributed by atoms with Crippen molar-refractivity contribution in [3.8, 4) is 0 Å². The standard InChI is InChI=1S/C13H19ClFN/c1-3-12(14)6-7-16-9-11-4-5-13(15)8-10(11)2/h4-5,8,12,16H,3,6-7,9H2,1-2H3. The molecule has 1 unspecified atom stereocenters. The number of alkyl halides is 1. The normalized spacial score (nSPS) is 12.8. The summed E-state index contributed by atoms with van der Waals surface area (Å²) < 4.78 is 12.8. The minimum atomic E-state index is -0.173. The summed E-state index contributed by atoms with van der Waals surface area (Å²) in [4.78, 5) is 0. The Morgan fingerprint density at radius 3 is 2.81 bits per heavy atom. The van der Waals surface area contributed by atoms with E-state index in [1.165, 1.54) is 6.07 Å². The van der Waals surface area contributed by atoms with Crippen LogP contribution >= 0.6 is 11.6 Å². The van der Waals surface area contributed by atoms with Crippen LogP contribution in [0.15, 0.2) is 18.2 Å². The fourth-order valence-electron chi connectivity index (χ4n) is 1.54. The molecular formula is C13H19ClFN. The number of benzene rings is 1. The molecular weight excluding hydrogens is 225 g/mol. The van der Waals surface area contributed by atoms with Crippen LogP contribution in [0.5, 0.6) is 0 Å². The number of hydrogen-bond donors (Lipinski definition) is 1. The van der Waals surface area contributed by atoms with Crippen LogP contribution in [0.2, 0.25) is 0 Å². The molecule has 0 amide bonds. The molecule has 0 aliphatic heterocycles. The van der Waals surface area contributed by atoms with Crippen LogP contribution < -0.4 is 5.32 Å². The molecule has 1 rings (SSSR count). The quantitative estimate of drug-likeness (QED) is 0.594. The lowest BCUT2D eigenvalue weighted by atomic mass is 10.1. The maximum atomic E-state index is 12.8. The van der Waals surface area contributed by atoms with Crippen molar-refractivity contribution in [3.05, 3.63) is 35.1 Å². The molecule has 0 fully saturated rings. The van der Waals surface area contributed by atoms with Gasteiger partial charge in [0.05, 0.1) is 0 Å². The molecule has 1 aromatic rings. The molecule has 1 nitrogen and oxygen atoms in total. The molecule has 16 heavy (non-hydrogen) atoms. The summed E-state index contributed by atoms with van der Waals surface area (Å²) in [5.74, 6) is -0.173. The van der Waals surface area contributed by atoms with Gasteiger partial charge in [0.25, 0.3) is 0 Å². The van der Waals surface area contributed by atoms with Gasteiger partial charge in [0.1, 0.15) is 5.82 Å². The number of halogens is 2. The lowest BCUT2D eigenvalue weighted by Crippen LogP contribution is -2.18. The summed E-state index contributed by atoms with van der Waals surface area (Å²) in [6, 6.07) is 4.89. The van der Waals surface area contributed by atoms with Gasteiger partial charge in [-0.15, -0.1) is 11.6 Å². The predicted octanol–water partition coefficient (Wildman–Crippen LogP) is 3.63. The fourth-order valence-corrected chi connectivity index (χ4v) is 1.65. The Labute approximate surface area is 102 Å². The molecule has 0 aromatic heterocycles. The van der Waals surface area contributed by atoms with Gasteiger partial charge in [0, 0.05) is 11.9 Å². The van der Waals surface area contributed by atoms with Gasteiger partial charge in [0.15, 0.2) is 0 Å². The van der Waals surface area contributed by atoms with Gasteiger partial charge >= 0.3 is 0 Å². The minimum Gasteiger partial charge on any atom is -0.313 e. The van der Waals surface area contributed by atoms with E-state index in [2.05, 4.69) is 12.2 Å². The second-order valence-corrected chi connectivity index (χ2v) is 4.66. The summed E-state index contributed by atoms with van der Waals surface area (Å²) in [6.45, 7) is 5.69. The summed E-state index contributed by atoms with van der Waals surface area (Å²) in [6.07, 6.45) is 1.97. The molecule has 0 spiro atoms. The van der Waals surface area contributed by atoms with Crippen LogP contribution in [0.4, 0.5) is 4.39 Å². The van der Waals surface area contributed by atoms with Crippen molar-refractivity contribution in [2.45, 2.75) is 38.6 Å². The van der Waals surface area contributed by atoms with Gasteiger partial charge in [-0.05, 0) is 49.6 Å². The maximum Gasteiger partial charge on any atom is 0.123 e. The number of rotatable bonds is 6. The van der Waals surface area contributed by atoms with E-state index in [1.54, 1.807) is 6.07 Å². The molecule has 90 valence electrons. The second kappa shape index (κ2) is 6.87. The molecule has 0 radical (unpaired) electrons. The Bertz CT molecular complexity index is 328. The summed E-state index contributed by atoms with van der Waals surface area (Å²) in [5, 5.41) is 3.57. The predicted molar refractivity (Wildman–Crippen MR) is 67.4 cm³/mol. The second-order valence-electron chi connectivity index (χ2n) is 4.04. The summed E-state index contributed by atoms with van der Waals surface area (Å²) >= 11 is 6.01. The SMILES string of the molecule is CCC(Cl)CCNCc1ccc(F)cc1C. The molecule has 0 heterocycles. The molecule has 1 N–H and O–H groups in total. The Kier molecular flexibility index (Phi) is 5.78. The van der Waals surface area contributed by atoms with Crippen LogP contribution in [0, 0.1) is 12.7 Å². The first-order chi connectivity index (χ1) is 7.63. The molecule has 0 saturated carbocycles. The van der Waals surface area contributed by atoms with E-state index < -0.39 is 0 Å². The Morgan fingerprint density at radius 2 is 2.19 bits per heavy atom. The van der Waals surface area contributed by atoms with Crippen LogP contribution in [0.1, 0.15) is 30.9 Å². The van der Waals surface area contributed by atoms with Crippen molar-refractivity contribution in [1.29, 1.82) is 0 Å². The molecule has 0 aliphatic carbocycles. The van der Waals surface area contributed by atoms with Gasteiger partial charge in [-0.3, -0.25) is 0 Å². The first-order valence-corrected chi connectivity index (χ1v) is 6.17. The largest absolute Gasteiger partial charge is 0.313 e. The van der Waals surface area contributed by atoms with Crippen molar-refractivity contribution in [2.75, 3.05) is 6.54 Å². The number of nitrogens with one attached hydrogen (secondary N) is 1. The van der Waals surface area contributed by atoms with Crippen LogP contribution in [0.25, 0.3) is 0 Å². The van der Waals surface area contributed by atoms with Crippen LogP contribution in [0.3, 0.4) is 0 Å². The van der Waals surface area contributed by atoms with Crippen molar-refractivity contribution < 1.29 is 4.39 Å². The maximum absolute atomic E-state index is 12.8. The zero-order valence-electron chi connectivity index (χ0n) is 9.89. The summed E-state index contributed by atoms with van der Waals surface area (Å²) in [5.41, 5.74) is 2.13. The van der Waals surface area contributed by atoms with Crippen LogP contribution in [-0.2, 0) is 6.54 Å².